The fourth-order valence-corrected chi connectivity index (χ4v) is 2.25. The lowest BCUT2D eigenvalue weighted by molar-refractivity contribution is 0.0696. The van der Waals surface area contributed by atoms with Crippen molar-refractivity contribution in [1.29, 1.82) is 0 Å². The highest BCUT2D eigenvalue weighted by molar-refractivity contribution is 9.10. The van der Waals surface area contributed by atoms with E-state index in [-0.39, 0.29) is 27.1 Å². The van der Waals surface area contributed by atoms with E-state index in [1.165, 1.54) is 18.2 Å². The van der Waals surface area contributed by atoms with Crippen LogP contribution in [0.25, 0.3) is 0 Å². The van der Waals surface area contributed by atoms with Crippen LogP contribution in [0.15, 0.2) is 33.4 Å². The molecule has 2 aromatic rings. The molecule has 2 rings (SSSR count). The number of hydrogen-bond donors (Lipinski definition) is 2. The van der Waals surface area contributed by atoms with Crippen molar-refractivity contribution in [3.8, 4) is 0 Å². The van der Waals surface area contributed by atoms with E-state index in [9.17, 15) is 9.59 Å². The standard InChI is InChI=1S/C12H6BrCl2NO4/c13-10-2-1-9(20-10)11(17)16-8-3-5(12(18)19)6(14)4-7(8)15/h1-4H,(H,16,17)(H,18,19). The van der Waals surface area contributed by atoms with Gasteiger partial charge in [0.25, 0.3) is 5.91 Å². The predicted molar refractivity (Wildman–Crippen MR) is 77.8 cm³/mol. The average Bonchev–Trinajstić information content (AvgIpc) is 2.79. The summed E-state index contributed by atoms with van der Waals surface area (Å²) in [6.07, 6.45) is 0. The molecule has 0 saturated carbocycles. The molecule has 0 atom stereocenters. The third-order valence-electron chi connectivity index (χ3n) is 2.33. The quantitative estimate of drug-likeness (QED) is 0.834. The number of aromatic carboxylic acids is 1. The Morgan fingerprint density at radius 2 is 1.90 bits per heavy atom. The number of amides is 1. The normalized spacial score (nSPS) is 10.3. The van der Waals surface area contributed by atoms with Crippen molar-refractivity contribution in [2.24, 2.45) is 0 Å². The van der Waals surface area contributed by atoms with Crippen LogP contribution in [0.1, 0.15) is 20.9 Å². The SMILES string of the molecule is O=C(Nc1cc(C(=O)O)c(Cl)cc1Cl)c1ccc(Br)o1. The number of carboxylic acids is 1. The van der Waals surface area contributed by atoms with Gasteiger partial charge in [-0.3, -0.25) is 4.79 Å². The smallest absolute Gasteiger partial charge is 0.337 e. The predicted octanol–water partition coefficient (Wildman–Crippen LogP) is 4.30. The number of halogens is 3. The number of carboxylic acid groups (broad SMARTS) is 1. The van der Waals surface area contributed by atoms with Gasteiger partial charge in [-0.2, -0.15) is 0 Å². The number of benzene rings is 1. The van der Waals surface area contributed by atoms with Crippen LogP contribution >= 0.6 is 39.1 Å². The highest BCUT2D eigenvalue weighted by Gasteiger charge is 2.16. The molecule has 2 N–H and O–H groups in total. The van der Waals surface area contributed by atoms with Gasteiger partial charge in [-0.15, -0.1) is 0 Å². The van der Waals surface area contributed by atoms with Gasteiger partial charge in [-0.1, -0.05) is 23.2 Å². The Bertz CT molecular complexity index is 699. The van der Waals surface area contributed by atoms with Crippen molar-refractivity contribution in [2.75, 3.05) is 5.32 Å². The molecule has 0 radical (unpaired) electrons. The second-order valence-corrected chi connectivity index (χ2v) is 5.27. The lowest BCUT2D eigenvalue weighted by Crippen LogP contribution is -2.12. The first-order chi connectivity index (χ1) is 9.38. The van der Waals surface area contributed by atoms with Crippen LogP contribution in [-0.4, -0.2) is 17.0 Å². The second-order valence-electron chi connectivity index (χ2n) is 3.67. The third-order valence-corrected chi connectivity index (χ3v) is 3.38. The first kappa shape index (κ1) is 14.9. The maximum absolute atomic E-state index is 11.9. The molecule has 5 nitrogen and oxygen atoms in total. The minimum absolute atomic E-state index is 0.0127. The molecule has 0 unspecified atom stereocenters. The largest absolute Gasteiger partial charge is 0.478 e. The zero-order valence-electron chi connectivity index (χ0n) is 9.62. The molecule has 1 amide bonds. The van der Waals surface area contributed by atoms with Crippen LogP contribution in [0.3, 0.4) is 0 Å². The van der Waals surface area contributed by atoms with Crippen molar-refractivity contribution >= 4 is 56.7 Å². The Hall–Kier alpha value is -1.50. The summed E-state index contributed by atoms with van der Waals surface area (Å²) in [7, 11) is 0. The Morgan fingerprint density at radius 1 is 1.20 bits per heavy atom. The molecular formula is C12H6BrCl2NO4. The van der Waals surface area contributed by atoms with E-state index in [1.54, 1.807) is 6.07 Å². The number of anilines is 1. The van der Waals surface area contributed by atoms with Gasteiger partial charge in [0.2, 0.25) is 0 Å². The molecule has 0 bridgehead atoms. The Morgan fingerprint density at radius 3 is 2.45 bits per heavy atom. The molecule has 0 spiro atoms. The molecule has 1 aromatic heterocycles. The Labute approximate surface area is 131 Å². The van der Waals surface area contributed by atoms with Crippen LogP contribution in [0, 0.1) is 0 Å². The topological polar surface area (TPSA) is 79.5 Å². The van der Waals surface area contributed by atoms with E-state index in [1.807, 2.05) is 0 Å². The van der Waals surface area contributed by atoms with Crippen molar-refractivity contribution < 1.29 is 19.1 Å². The van der Waals surface area contributed by atoms with Crippen molar-refractivity contribution in [3.05, 3.63) is 50.3 Å². The van der Waals surface area contributed by atoms with Crippen molar-refractivity contribution in [3.63, 3.8) is 0 Å². The van der Waals surface area contributed by atoms with Gasteiger partial charge in [0.05, 0.1) is 21.3 Å². The molecule has 0 saturated heterocycles. The van der Waals surface area contributed by atoms with Crippen LogP contribution in [0.4, 0.5) is 5.69 Å². The van der Waals surface area contributed by atoms with Gasteiger partial charge in [0.1, 0.15) is 0 Å². The summed E-state index contributed by atoms with van der Waals surface area (Å²) >= 11 is 14.7. The van der Waals surface area contributed by atoms with Crippen LogP contribution in [0.2, 0.25) is 10.0 Å². The molecule has 0 aliphatic rings. The number of carbonyl (C=O) groups excluding carboxylic acids is 1. The summed E-state index contributed by atoms with van der Waals surface area (Å²) < 4.78 is 5.48. The van der Waals surface area contributed by atoms with Gasteiger partial charge in [-0.25, -0.2) is 4.79 Å². The van der Waals surface area contributed by atoms with Gasteiger partial charge in [-0.05, 0) is 40.2 Å². The molecule has 1 aromatic carbocycles. The second kappa shape index (κ2) is 5.87. The monoisotopic (exact) mass is 377 g/mol. The molecule has 104 valence electrons. The van der Waals surface area contributed by atoms with Crippen LogP contribution < -0.4 is 5.32 Å². The van der Waals surface area contributed by atoms with E-state index in [4.69, 9.17) is 32.7 Å². The molecule has 1 heterocycles. The highest BCUT2D eigenvalue weighted by atomic mass is 79.9. The fraction of sp³-hybridized carbons (Fsp3) is 0. The number of furan rings is 1. The highest BCUT2D eigenvalue weighted by Crippen LogP contribution is 2.30. The molecule has 8 heteroatoms. The maximum Gasteiger partial charge on any atom is 0.337 e. The van der Waals surface area contributed by atoms with Gasteiger partial charge >= 0.3 is 5.97 Å². The number of carbonyl (C=O) groups is 2. The van der Waals surface area contributed by atoms with E-state index in [2.05, 4.69) is 21.2 Å². The zero-order chi connectivity index (χ0) is 14.9. The summed E-state index contributed by atoms with van der Waals surface area (Å²) in [5, 5.41) is 11.5. The average molecular weight is 379 g/mol. The molecule has 0 fully saturated rings. The summed E-state index contributed by atoms with van der Waals surface area (Å²) in [4.78, 5) is 22.9. The molecule has 0 aliphatic heterocycles. The number of rotatable bonds is 3. The molecular weight excluding hydrogens is 373 g/mol. The van der Waals surface area contributed by atoms with Gasteiger partial charge in [0, 0.05) is 0 Å². The summed E-state index contributed by atoms with van der Waals surface area (Å²) in [6, 6.07) is 5.45. The lowest BCUT2D eigenvalue weighted by Gasteiger charge is -2.08. The summed E-state index contributed by atoms with van der Waals surface area (Å²) in [6.45, 7) is 0. The number of nitrogens with one attached hydrogen (secondary N) is 1. The minimum Gasteiger partial charge on any atom is -0.478 e. The Balaban J connectivity index is 2.31. The fourth-order valence-electron chi connectivity index (χ4n) is 1.43. The van der Waals surface area contributed by atoms with E-state index < -0.39 is 11.9 Å². The van der Waals surface area contributed by atoms with Crippen LogP contribution in [0.5, 0.6) is 0 Å². The summed E-state index contributed by atoms with van der Waals surface area (Å²) in [5.74, 6) is -1.72. The first-order valence-corrected chi connectivity index (χ1v) is 6.72. The van der Waals surface area contributed by atoms with Gasteiger partial charge < -0.3 is 14.8 Å². The van der Waals surface area contributed by atoms with E-state index in [0.717, 1.165) is 0 Å². The third kappa shape index (κ3) is 3.15. The summed E-state index contributed by atoms with van der Waals surface area (Å²) in [5.41, 5.74) is -0.0296. The van der Waals surface area contributed by atoms with Crippen molar-refractivity contribution in [2.45, 2.75) is 0 Å². The molecule has 20 heavy (non-hydrogen) atoms. The van der Waals surface area contributed by atoms with Gasteiger partial charge in [0.15, 0.2) is 10.4 Å². The lowest BCUT2D eigenvalue weighted by atomic mass is 10.2. The van der Waals surface area contributed by atoms with E-state index >= 15 is 0 Å². The first-order valence-electron chi connectivity index (χ1n) is 5.17. The minimum atomic E-state index is -1.22. The van der Waals surface area contributed by atoms with Crippen molar-refractivity contribution in [1.82, 2.24) is 0 Å². The zero-order valence-corrected chi connectivity index (χ0v) is 12.7. The number of hydrogen-bond acceptors (Lipinski definition) is 3. The van der Waals surface area contributed by atoms with Crippen LogP contribution in [-0.2, 0) is 0 Å². The van der Waals surface area contributed by atoms with E-state index in [0.29, 0.717) is 4.67 Å². The molecule has 0 aliphatic carbocycles. The maximum atomic E-state index is 11.9. The Kier molecular flexibility index (Phi) is 4.37.